The molecule has 0 N–H and O–H groups in total. The molecule has 1 saturated heterocycles. The summed E-state index contributed by atoms with van der Waals surface area (Å²) in [6, 6.07) is 0. The van der Waals surface area contributed by atoms with E-state index in [0.717, 1.165) is 17.9 Å². The fraction of sp³-hybridized carbons (Fsp3) is 0.800. The molecule has 1 rings (SSSR count). The first-order valence-corrected chi connectivity index (χ1v) is 4.13. The molecule has 2 unspecified atom stereocenters. The Morgan fingerprint density at radius 1 is 1.71 bits per heavy atom. The van der Waals surface area contributed by atoms with Gasteiger partial charge in [-0.2, -0.15) is 10.5 Å². The molecule has 0 aliphatic carbocycles. The number of alkyl halides is 1. The van der Waals surface area contributed by atoms with Crippen LogP contribution < -0.4 is 0 Å². The summed E-state index contributed by atoms with van der Waals surface area (Å²) in [4.78, 5) is 0. The van der Waals surface area contributed by atoms with Crippen LogP contribution >= 0.6 is 10.5 Å². The van der Waals surface area contributed by atoms with Gasteiger partial charge in [0.25, 0.3) is 0 Å². The fourth-order valence-electron chi connectivity index (χ4n) is 0.717. The zero-order valence-corrected chi connectivity index (χ0v) is 5.01. The first-order valence-electron chi connectivity index (χ1n) is 2.40. The van der Waals surface area contributed by atoms with E-state index in [1.165, 1.54) is 0 Å². The van der Waals surface area contributed by atoms with Crippen LogP contribution in [0.4, 0.5) is 4.39 Å². The summed E-state index contributed by atoms with van der Waals surface area (Å²) in [7, 11) is 0.172. The Bertz CT molecular complexity index is 90.1. The third kappa shape index (κ3) is 1.27. The van der Waals surface area contributed by atoms with E-state index in [1.54, 1.807) is 0 Å². The van der Waals surface area contributed by atoms with Gasteiger partial charge in [0.1, 0.15) is 6.17 Å². The van der Waals surface area contributed by atoms with Crippen LogP contribution in [0.1, 0.15) is 6.42 Å². The summed E-state index contributed by atoms with van der Waals surface area (Å²) in [5, 5.41) is 0. The van der Waals surface area contributed by atoms with Crippen molar-refractivity contribution in [2.45, 2.75) is 12.6 Å². The van der Waals surface area contributed by atoms with Gasteiger partial charge in [-0.3, -0.25) is 0 Å². The summed E-state index contributed by atoms with van der Waals surface area (Å²) in [5.74, 6) is 5.51. The van der Waals surface area contributed by atoms with Gasteiger partial charge in [-0.1, -0.05) is 5.87 Å². The van der Waals surface area contributed by atoms with Gasteiger partial charge in [-0.05, 0) is 12.2 Å². The van der Waals surface area contributed by atoms with Crippen molar-refractivity contribution >= 4 is 16.4 Å². The van der Waals surface area contributed by atoms with Crippen molar-refractivity contribution in [3.05, 3.63) is 0 Å². The highest BCUT2D eigenvalue weighted by Gasteiger charge is 2.14. The molecule has 2 heteroatoms. The molecular formula is C5H9FS. The zero-order chi connectivity index (χ0) is 5.28. The maximum Gasteiger partial charge on any atom is 0.109 e. The summed E-state index contributed by atoms with van der Waals surface area (Å²) in [6.07, 6.45) is 0.230. The van der Waals surface area contributed by atoms with E-state index in [-0.39, 0.29) is 10.5 Å². The van der Waals surface area contributed by atoms with E-state index in [9.17, 15) is 4.39 Å². The van der Waals surface area contributed by atoms with E-state index < -0.39 is 6.17 Å². The van der Waals surface area contributed by atoms with Gasteiger partial charge in [0.05, 0.1) is 0 Å². The highest BCUT2D eigenvalue weighted by atomic mass is 32.2. The molecule has 42 valence electrons. The van der Waals surface area contributed by atoms with Crippen LogP contribution in [-0.2, 0) is 0 Å². The van der Waals surface area contributed by atoms with Crippen molar-refractivity contribution in [2.75, 3.05) is 11.5 Å². The zero-order valence-electron chi connectivity index (χ0n) is 4.19. The standard InChI is InChI=1S/C5H9FS/c1-7-3-2-5(6)4-7/h5H,1-4H2. The predicted molar refractivity (Wildman–Crippen MR) is 34.0 cm³/mol. The lowest BCUT2D eigenvalue weighted by Gasteiger charge is -1.88. The Morgan fingerprint density at radius 3 is 2.57 bits per heavy atom. The van der Waals surface area contributed by atoms with E-state index in [1.807, 2.05) is 0 Å². The Balaban J connectivity index is 2.40. The summed E-state index contributed by atoms with van der Waals surface area (Å²) in [5.41, 5.74) is 0. The van der Waals surface area contributed by atoms with E-state index in [2.05, 4.69) is 5.87 Å². The quantitative estimate of drug-likeness (QED) is 0.424. The van der Waals surface area contributed by atoms with Gasteiger partial charge < -0.3 is 0 Å². The maximum absolute atomic E-state index is 12.1. The number of rotatable bonds is 0. The molecule has 0 saturated carbocycles. The topological polar surface area (TPSA) is 0 Å². The SMILES string of the molecule is C=S1CCC(F)C1. The van der Waals surface area contributed by atoms with Gasteiger partial charge >= 0.3 is 0 Å². The highest BCUT2D eigenvalue weighted by Crippen LogP contribution is 2.24. The van der Waals surface area contributed by atoms with Crippen LogP contribution in [0.2, 0.25) is 0 Å². The maximum atomic E-state index is 12.1. The van der Waals surface area contributed by atoms with E-state index in [4.69, 9.17) is 0 Å². The first kappa shape index (κ1) is 5.29. The largest absolute Gasteiger partial charge is 0.247 e. The molecule has 1 aliphatic rings. The Hall–Kier alpha value is 0.150. The summed E-state index contributed by atoms with van der Waals surface area (Å²) < 4.78 is 12.1. The molecule has 0 radical (unpaired) electrons. The van der Waals surface area contributed by atoms with Gasteiger partial charge in [-0.15, -0.1) is 0 Å². The lowest BCUT2D eigenvalue weighted by Crippen LogP contribution is -1.92. The monoisotopic (exact) mass is 120 g/mol. The Morgan fingerprint density at radius 2 is 2.43 bits per heavy atom. The molecule has 0 aromatic heterocycles. The average Bonchev–Trinajstić information content (AvgIpc) is 1.87. The van der Waals surface area contributed by atoms with Crippen LogP contribution in [-0.4, -0.2) is 23.5 Å². The number of hydrogen-bond acceptors (Lipinski definition) is 0. The number of hydrogen-bond donors (Lipinski definition) is 0. The molecule has 0 nitrogen and oxygen atoms in total. The second-order valence-electron chi connectivity index (χ2n) is 1.87. The molecule has 7 heavy (non-hydrogen) atoms. The third-order valence-electron chi connectivity index (χ3n) is 1.14. The van der Waals surface area contributed by atoms with Gasteiger partial charge in [-0.25, -0.2) is 4.39 Å². The summed E-state index contributed by atoms with van der Waals surface area (Å²) in [6.45, 7) is 0. The lowest BCUT2D eigenvalue weighted by molar-refractivity contribution is 0.370. The third-order valence-corrected chi connectivity index (χ3v) is 2.78. The summed E-state index contributed by atoms with van der Waals surface area (Å²) >= 11 is 0. The average molecular weight is 120 g/mol. The molecule has 2 atom stereocenters. The minimum atomic E-state index is -0.527. The van der Waals surface area contributed by atoms with Crippen LogP contribution in [0.5, 0.6) is 0 Å². The van der Waals surface area contributed by atoms with Crippen molar-refractivity contribution < 1.29 is 4.39 Å². The highest BCUT2D eigenvalue weighted by molar-refractivity contribution is 8.14. The van der Waals surface area contributed by atoms with Crippen molar-refractivity contribution in [3.63, 3.8) is 0 Å². The molecule has 0 bridgehead atoms. The molecule has 0 spiro atoms. The van der Waals surface area contributed by atoms with Crippen molar-refractivity contribution in [3.8, 4) is 0 Å². The minimum Gasteiger partial charge on any atom is -0.247 e. The van der Waals surface area contributed by atoms with Crippen molar-refractivity contribution in [1.82, 2.24) is 0 Å². The molecule has 1 fully saturated rings. The van der Waals surface area contributed by atoms with Crippen LogP contribution in [0.15, 0.2) is 0 Å². The second kappa shape index (κ2) is 1.95. The molecule has 0 amide bonds. The van der Waals surface area contributed by atoms with Crippen molar-refractivity contribution in [1.29, 1.82) is 0 Å². The Kier molecular flexibility index (Phi) is 1.47. The molecular weight excluding hydrogens is 111 g/mol. The minimum absolute atomic E-state index is 0.172. The molecule has 1 heterocycles. The fourth-order valence-corrected chi connectivity index (χ4v) is 2.15. The van der Waals surface area contributed by atoms with Gasteiger partial charge in [0, 0.05) is 5.75 Å². The molecule has 0 aromatic carbocycles. The number of halogens is 1. The molecule has 0 aromatic rings. The van der Waals surface area contributed by atoms with E-state index in [0.29, 0.717) is 0 Å². The predicted octanol–water partition coefficient (Wildman–Crippen LogP) is 1.43. The second-order valence-corrected chi connectivity index (χ2v) is 3.84. The van der Waals surface area contributed by atoms with Crippen LogP contribution in [0.25, 0.3) is 0 Å². The van der Waals surface area contributed by atoms with Crippen LogP contribution in [0, 0.1) is 0 Å². The van der Waals surface area contributed by atoms with Crippen LogP contribution in [0.3, 0.4) is 0 Å². The normalized spacial score (nSPS) is 41.9. The lowest BCUT2D eigenvalue weighted by atomic mass is 10.4. The first-order chi connectivity index (χ1) is 3.29. The smallest absolute Gasteiger partial charge is 0.109 e. The molecule has 1 aliphatic heterocycles. The Labute approximate surface area is 45.7 Å². The van der Waals surface area contributed by atoms with Gasteiger partial charge in [0.2, 0.25) is 0 Å². The van der Waals surface area contributed by atoms with E-state index >= 15 is 0 Å². The van der Waals surface area contributed by atoms with Crippen molar-refractivity contribution in [2.24, 2.45) is 0 Å². The van der Waals surface area contributed by atoms with Gasteiger partial charge in [0.15, 0.2) is 0 Å².